The molecule has 0 aliphatic carbocycles. The zero-order chi connectivity index (χ0) is 10.6. The van der Waals surface area contributed by atoms with E-state index in [1.54, 1.807) is 0 Å². The lowest BCUT2D eigenvalue weighted by atomic mass is 10.0. The summed E-state index contributed by atoms with van der Waals surface area (Å²) in [7, 11) is 0. The molecule has 14 heavy (non-hydrogen) atoms. The first-order valence-corrected chi connectivity index (χ1v) is 6.22. The van der Waals surface area contributed by atoms with Gasteiger partial charge in [-0.25, -0.2) is 0 Å². The molecule has 0 aromatic carbocycles. The number of amides is 1. The summed E-state index contributed by atoms with van der Waals surface area (Å²) in [5, 5.41) is 3.88. The Kier molecular flexibility index (Phi) is 4.89. The van der Waals surface area contributed by atoms with Gasteiger partial charge in [0.15, 0.2) is 0 Å². The van der Waals surface area contributed by atoms with Crippen molar-refractivity contribution in [3.8, 4) is 0 Å². The zero-order valence-corrected chi connectivity index (χ0v) is 10.3. The van der Waals surface area contributed by atoms with Gasteiger partial charge in [-0.1, -0.05) is 22.9 Å². The molecule has 1 rings (SSSR count). The fraction of sp³-hybridized carbons (Fsp3) is 0.900. The number of hydrogen-bond acceptors (Lipinski definition) is 2. The van der Waals surface area contributed by atoms with Gasteiger partial charge in [0.1, 0.15) is 0 Å². The minimum absolute atomic E-state index is 0.0533. The van der Waals surface area contributed by atoms with Gasteiger partial charge in [0.05, 0.1) is 12.0 Å². The summed E-state index contributed by atoms with van der Waals surface area (Å²) in [6.07, 6.45) is 0.935. The van der Waals surface area contributed by atoms with E-state index in [4.69, 9.17) is 4.74 Å². The molecule has 1 fully saturated rings. The molecule has 1 heterocycles. The number of halogens is 1. The summed E-state index contributed by atoms with van der Waals surface area (Å²) in [5.41, 5.74) is 0. The van der Waals surface area contributed by atoms with Crippen LogP contribution in [0.1, 0.15) is 20.3 Å². The first-order chi connectivity index (χ1) is 6.65. The Balaban J connectivity index is 2.27. The second-order valence-corrected chi connectivity index (χ2v) is 4.62. The third kappa shape index (κ3) is 3.24. The topological polar surface area (TPSA) is 38.3 Å². The standard InChI is InChI=1S/C10H18BrNO2/c1-7(5-11)6-12-10(13)9-3-4-14-8(9)2/h7-9H,3-6H2,1-2H3,(H,12,13). The molecule has 0 spiro atoms. The molecule has 0 bridgehead atoms. The van der Waals surface area contributed by atoms with Gasteiger partial charge < -0.3 is 10.1 Å². The fourth-order valence-corrected chi connectivity index (χ4v) is 1.77. The van der Waals surface area contributed by atoms with E-state index in [2.05, 4.69) is 28.2 Å². The highest BCUT2D eigenvalue weighted by molar-refractivity contribution is 9.09. The Morgan fingerprint density at radius 1 is 1.71 bits per heavy atom. The van der Waals surface area contributed by atoms with E-state index in [1.807, 2.05) is 6.92 Å². The van der Waals surface area contributed by atoms with Crippen LogP contribution in [0.4, 0.5) is 0 Å². The lowest BCUT2D eigenvalue weighted by Gasteiger charge is -2.15. The number of ether oxygens (including phenoxy) is 1. The first-order valence-electron chi connectivity index (χ1n) is 5.10. The molecule has 0 aromatic heterocycles. The van der Waals surface area contributed by atoms with Crippen molar-refractivity contribution in [1.29, 1.82) is 0 Å². The maximum absolute atomic E-state index is 11.7. The maximum atomic E-state index is 11.7. The van der Waals surface area contributed by atoms with E-state index in [1.165, 1.54) is 0 Å². The quantitative estimate of drug-likeness (QED) is 0.782. The van der Waals surface area contributed by atoms with E-state index in [-0.39, 0.29) is 17.9 Å². The molecule has 4 heteroatoms. The van der Waals surface area contributed by atoms with Gasteiger partial charge in [0, 0.05) is 18.5 Å². The average molecular weight is 264 g/mol. The minimum Gasteiger partial charge on any atom is -0.378 e. The van der Waals surface area contributed by atoms with Gasteiger partial charge in [-0.3, -0.25) is 4.79 Å². The van der Waals surface area contributed by atoms with E-state index >= 15 is 0 Å². The molecule has 1 amide bonds. The van der Waals surface area contributed by atoms with Crippen molar-refractivity contribution in [3.05, 3.63) is 0 Å². The molecule has 3 atom stereocenters. The van der Waals surface area contributed by atoms with Gasteiger partial charge in [-0.2, -0.15) is 0 Å². The molecule has 82 valence electrons. The Morgan fingerprint density at radius 3 is 2.93 bits per heavy atom. The number of carbonyl (C=O) groups excluding carboxylic acids is 1. The zero-order valence-electron chi connectivity index (χ0n) is 8.75. The molecule has 0 radical (unpaired) electrons. The van der Waals surface area contributed by atoms with Crippen molar-refractivity contribution in [3.63, 3.8) is 0 Å². The predicted octanol–water partition coefficient (Wildman–Crippen LogP) is 1.56. The molecule has 1 aliphatic heterocycles. The highest BCUT2D eigenvalue weighted by Gasteiger charge is 2.30. The van der Waals surface area contributed by atoms with Crippen molar-refractivity contribution in [2.45, 2.75) is 26.4 Å². The fourth-order valence-electron chi connectivity index (χ4n) is 1.54. The summed E-state index contributed by atoms with van der Waals surface area (Å²) < 4.78 is 5.35. The Morgan fingerprint density at radius 2 is 2.43 bits per heavy atom. The number of alkyl halides is 1. The number of hydrogen-bond donors (Lipinski definition) is 1. The Labute approximate surface area is 93.7 Å². The van der Waals surface area contributed by atoms with Gasteiger partial charge in [-0.15, -0.1) is 0 Å². The lowest BCUT2D eigenvalue weighted by Crippen LogP contribution is -2.36. The van der Waals surface area contributed by atoms with Crippen LogP contribution in [0.25, 0.3) is 0 Å². The third-order valence-corrected chi connectivity index (χ3v) is 3.71. The Bertz CT molecular complexity index is 199. The van der Waals surface area contributed by atoms with E-state index < -0.39 is 0 Å². The van der Waals surface area contributed by atoms with E-state index in [9.17, 15) is 4.79 Å². The van der Waals surface area contributed by atoms with Crippen molar-refractivity contribution < 1.29 is 9.53 Å². The molecule has 1 saturated heterocycles. The van der Waals surface area contributed by atoms with Crippen LogP contribution in [0.2, 0.25) is 0 Å². The molecule has 0 saturated carbocycles. The maximum Gasteiger partial charge on any atom is 0.225 e. The second-order valence-electron chi connectivity index (χ2n) is 3.98. The van der Waals surface area contributed by atoms with Crippen LogP contribution in [-0.4, -0.2) is 30.5 Å². The summed E-state index contributed by atoms with van der Waals surface area (Å²) in [6, 6.07) is 0. The lowest BCUT2D eigenvalue weighted by molar-refractivity contribution is -0.126. The van der Waals surface area contributed by atoms with Crippen LogP contribution >= 0.6 is 15.9 Å². The number of carbonyl (C=O) groups is 1. The van der Waals surface area contributed by atoms with Crippen LogP contribution in [0.5, 0.6) is 0 Å². The van der Waals surface area contributed by atoms with Gasteiger partial charge in [0.2, 0.25) is 5.91 Å². The van der Waals surface area contributed by atoms with E-state index in [0.717, 1.165) is 18.3 Å². The molecule has 1 aliphatic rings. The number of rotatable bonds is 4. The summed E-state index contributed by atoms with van der Waals surface area (Å²) in [6.45, 7) is 5.52. The summed E-state index contributed by atoms with van der Waals surface area (Å²) >= 11 is 3.38. The van der Waals surface area contributed by atoms with Crippen LogP contribution in [0, 0.1) is 11.8 Å². The minimum atomic E-state index is 0.0533. The van der Waals surface area contributed by atoms with Crippen molar-refractivity contribution in [1.82, 2.24) is 5.32 Å². The number of nitrogens with one attached hydrogen (secondary N) is 1. The monoisotopic (exact) mass is 263 g/mol. The average Bonchev–Trinajstić information content (AvgIpc) is 2.60. The van der Waals surface area contributed by atoms with Gasteiger partial charge in [-0.05, 0) is 19.3 Å². The smallest absolute Gasteiger partial charge is 0.225 e. The van der Waals surface area contributed by atoms with Crippen molar-refractivity contribution in [2.24, 2.45) is 11.8 Å². The first kappa shape index (κ1) is 12.0. The molecule has 0 aromatic rings. The van der Waals surface area contributed by atoms with Crippen LogP contribution in [0.3, 0.4) is 0 Å². The summed E-state index contributed by atoms with van der Waals surface area (Å²) in [5.74, 6) is 0.678. The largest absolute Gasteiger partial charge is 0.378 e. The molecular weight excluding hydrogens is 246 g/mol. The van der Waals surface area contributed by atoms with Crippen LogP contribution in [0.15, 0.2) is 0 Å². The highest BCUT2D eigenvalue weighted by atomic mass is 79.9. The SMILES string of the molecule is CC(CBr)CNC(=O)C1CCOC1C. The Hall–Kier alpha value is -0.0900. The van der Waals surface area contributed by atoms with Gasteiger partial charge >= 0.3 is 0 Å². The van der Waals surface area contributed by atoms with Gasteiger partial charge in [0.25, 0.3) is 0 Å². The predicted molar refractivity (Wildman–Crippen MR) is 59.5 cm³/mol. The van der Waals surface area contributed by atoms with Crippen molar-refractivity contribution >= 4 is 21.8 Å². The van der Waals surface area contributed by atoms with E-state index in [0.29, 0.717) is 12.5 Å². The highest BCUT2D eigenvalue weighted by Crippen LogP contribution is 2.20. The van der Waals surface area contributed by atoms with Crippen molar-refractivity contribution in [2.75, 3.05) is 18.5 Å². The second kappa shape index (κ2) is 5.71. The summed E-state index contributed by atoms with van der Waals surface area (Å²) in [4.78, 5) is 11.7. The third-order valence-electron chi connectivity index (χ3n) is 2.60. The molecule has 1 N–H and O–H groups in total. The normalized spacial score (nSPS) is 28.8. The molecule has 3 nitrogen and oxygen atoms in total. The molecular formula is C10H18BrNO2. The van der Waals surface area contributed by atoms with Crippen LogP contribution < -0.4 is 5.32 Å². The molecule has 3 unspecified atom stereocenters. The van der Waals surface area contributed by atoms with Crippen LogP contribution in [-0.2, 0) is 9.53 Å².